The van der Waals surface area contributed by atoms with Crippen LogP contribution in [0, 0.1) is 5.21 Å². The molecule has 1 rings (SSSR count). The first-order chi connectivity index (χ1) is 5.61. The van der Waals surface area contributed by atoms with Crippen molar-refractivity contribution >= 4 is 0 Å². The predicted molar refractivity (Wildman–Crippen MR) is 48.5 cm³/mol. The molecule has 1 saturated heterocycles. The highest BCUT2D eigenvalue weighted by Crippen LogP contribution is 2.24. The van der Waals surface area contributed by atoms with Gasteiger partial charge in [-0.25, -0.2) is 0 Å². The zero-order valence-electron chi connectivity index (χ0n) is 8.25. The SMILES string of the molecule is CCC1OCC[N+](C)([O-])C1CC. The summed E-state index contributed by atoms with van der Waals surface area (Å²) in [5.74, 6) is 0. The van der Waals surface area contributed by atoms with E-state index < -0.39 is 0 Å². The van der Waals surface area contributed by atoms with Crippen LogP contribution in [-0.4, -0.2) is 37.0 Å². The van der Waals surface area contributed by atoms with Gasteiger partial charge in [-0.3, -0.25) is 0 Å². The highest BCUT2D eigenvalue weighted by molar-refractivity contribution is 4.73. The van der Waals surface area contributed by atoms with E-state index in [0.717, 1.165) is 12.8 Å². The molecule has 3 unspecified atom stereocenters. The van der Waals surface area contributed by atoms with E-state index in [2.05, 4.69) is 13.8 Å². The highest BCUT2D eigenvalue weighted by Gasteiger charge is 2.35. The van der Waals surface area contributed by atoms with E-state index in [-0.39, 0.29) is 16.8 Å². The quantitative estimate of drug-likeness (QED) is 0.468. The molecule has 1 aliphatic rings. The van der Waals surface area contributed by atoms with Crippen molar-refractivity contribution in [2.45, 2.75) is 38.8 Å². The average molecular weight is 173 g/mol. The lowest BCUT2D eigenvalue weighted by molar-refractivity contribution is -0.899. The number of hydrogen-bond acceptors (Lipinski definition) is 2. The van der Waals surface area contributed by atoms with Crippen molar-refractivity contribution < 1.29 is 9.38 Å². The molecular formula is C9H19NO2. The van der Waals surface area contributed by atoms with Gasteiger partial charge in [0, 0.05) is 0 Å². The Balaban J connectivity index is 2.66. The molecule has 12 heavy (non-hydrogen) atoms. The molecule has 0 saturated carbocycles. The fourth-order valence-corrected chi connectivity index (χ4v) is 2.05. The fraction of sp³-hybridized carbons (Fsp3) is 1.00. The second-order valence-electron chi connectivity index (χ2n) is 3.69. The third kappa shape index (κ3) is 1.79. The zero-order valence-corrected chi connectivity index (χ0v) is 8.25. The number of rotatable bonds is 2. The van der Waals surface area contributed by atoms with Crippen LogP contribution in [0.4, 0.5) is 0 Å². The lowest BCUT2D eigenvalue weighted by atomic mass is 10.0. The molecule has 0 aromatic heterocycles. The van der Waals surface area contributed by atoms with Crippen LogP contribution in [-0.2, 0) is 4.74 Å². The molecule has 1 fully saturated rings. The minimum Gasteiger partial charge on any atom is -0.633 e. The molecule has 3 nitrogen and oxygen atoms in total. The second-order valence-corrected chi connectivity index (χ2v) is 3.69. The zero-order chi connectivity index (χ0) is 9.19. The predicted octanol–water partition coefficient (Wildman–Crippen LogP) is 1.52. The maximum atomic E-state index is 11.9. The smallest absolute Gasteiger partial charge is 0.115 e. The molecule has 1 aliphatic heterocycles. The number of hydroxylamine groups is 3. The van der Waals surface area contributed by atoms with E-state index in [1.54, 1.807) is 7.05 Å². The molecule has 3 heteroatoms. The van der Waals surface area contributed by atoms with Crippen molar-refractivity contribution in [3.63, 3.8) is 0 Å². The molecule has 0 aromatic rings. The van der Waals surface area contributed by atoms with Gasteiger partial charge in [0.15, 0.2) is 0 Å². The van der Waals surface area contributed by atoms with Gasteiger partial charge >= 0.3 is 0 Å². The van der Waals surface area contributed by atoms with Gasteiger partial charge in [-0.15, -0.1) is 0 Å². The number of morpholine rings is 1. The molecular weight excluding hydrogens is 154 g/mol. The van der Waals surface area contributed by atoms with Gasteiger partial charge < -0.3 is 14.6 Å². The first kappa shape index (κ1) is 9.96. The number of nitrogens with zero attached hydrogens (tertiary/aromatic N) is 1. The molecule has 0 N–H and O–H groups in total. The van der Waals surface area contributed by atoms with Gasteiger partial charge in [0.25, 0.3) is 0 Å². The minimum atomic E-state index is -0.116. The summed E-state index contributed by atoms with van der Waals surface area (Å²) in [6.07, 6.45) is 2.04. The molecule has 0 radical (unpaired) electrons. The maximum Gasteiger partial charge on any atom is 0.115 e. The molecule has 0 amide bonds. The van der Waals surface area contributed by atoms with Crippen LogP contribution in [0.15, 0.2) is 0 Å². The number of hydrogen-bond donors (Lipinski definition) is 0. The topological polar surface area (TPSA) is 32.3 Å². The van der Waals surface area contributed by atoms with E-state index in [0.29, 0.717) is 13.2 Å². The van der Waals surface area contributed by atoms with Crippen molar-refractivity contribution in [2.75, 3.05) is 20.2 Å². The molecule has 1 heterocycles. The van der Waals surface area contributed by atoms with E-state index in [1.807, 2.05) is 0 Å². The summed E-state index contributed by atoms with van der Waals surface area (Å²) in [5, 5.41) is 11.9. The first-order valence-electron chi connectivity index (χ1n) is 4.79. The normalized spacial score (nSPS) is 43.0. The molecule has 72 valence electrons. The Morgan fingerprint density at radius 2 is 2.08 bits per heavy atom. The van der Waals surface area contributed by atoms with Crippen molar-refractivity contribution in [1.29, 1.82) is 0 Å². The summed E-state index contributed by atoms with van der Waals surface area (Å²) in [6.45, 7) is 5.37. The summed E-state index contributed by atoms with van der Waals surface area (Å²) < 4.78 is 5.43. The van der Waals surface area contributed by atoms with Crippen LogP contribution in [0.2, 0.25) is 0 Å². The Morgan fingerprint density at radius 3 is 2.50 bits per heavy atom. The summed E-state index contributed by atoms with van der Waals surface area (Å²) in [6, 6.07) is 0.142. The number of likely N-dealkylation sites (N-methyl/N-ethyl adjacent to an activating group) is 1. The average Bonchev–Trinajstić information content (AvgIpc) is 2.02. The van der Waals surface area contributed by atoms with Gasteiger partial charge in [0.1, 0.15) is 18.7 Å². The number of quaternary nitrogens is 1. The van der Waals surface area contributed by atoms with Gasteiger partial charge in [0.05, 0.1) is 13.7 Å². The third-order valence-electron chi connectivity index (χ3n) is 2.82. The van der Waals surface area contributed by atoms with E-state index in [4.69, 9.17) is 4.74 Å². The molecule has 0 aromatic carbocycles. The van der Waals surface area contributed by atoms with E-state index in [9.17, 15) is 5.21 Å². The Kier molecular flexibility index (Phi) is 3.09. The number of ether oxygens (including phenoxy) is 1. The van der Waals surface area contributed by atoms with Crippen LogP contribution < -0.4 is 0 Å². The van der Waals surface area contributed by atoms with Gasteiger partial charge in [-0.1, -0.05) is 13.8 Å². The summed E-state index contributed by atoms with van der Waals surface area (Å²) in [4.78, 5) is 0. The maximum absolute atomic E-state index is 11.9. The van der Waals surface area contributed by atoms with Gasteiger partial charge in [-0.2, -0.15) is 0 Å². The lowest BCUT2D eigenvalue weighted by Crippen LogP contribution is -2.58. The van der Waals surface area contributed by atoms with Crippen LogP contribution in [0.3, 0.4) is 0 Å². The van der Waals surface area contributed by atoms with Crippen LogP contribution >= 0.6 is 0 Å². The Labute approximate surface area is 74.5 Å². The Morgan fingerprint density at radius 1 is 1.42 bits per heavy atom. The van der Waals surface area contributed by atoms with Gasteiger partial charge in [0.2, 0.25) is 0 Å². The minimum absolute atomic E-state index is 0.116. The largest absolute Gasteiger partial charge is 0.633 e. The molecule has 0 bridgehead atoms. The van der Waals surface area contributed by atoms with Crippen LogP contribution in [0.5, 0.6) is 0 Å². The summed E-state index contributed by atoms with van der Waals surface area (Å²) in [7, 11) is 1.76. The molecule has 3 atom stereocenters. The van der Waals surface area contributed by atoms with Crippen molar-refractivity contribution in [3.8, 4) is 0 Å². The third-order valence-corrected chi connectivity index (χ3v) is 2.82. The highest BCUT2D eigenvalue weighted by atomic mass is 16.6. The second kappa shape index (κ2) is 3.73. The summed E-state index contributed by atoms with van der Waals surface area (Å²) in [5.41, 5.74) is 0. The van der Waals surface area contributed by atoms with Crippen molar-refractivity contribution in [3.05, 3.63) is 5.21 Å². The van der Waals surface area contributed by atoms with Crippen molar-refractivity contribution in [1.82, 2.24) is 0 Å². The first-order valence-corrected chi connectivity index (χ1v) is 4.79. The van der Waals surface area contributed by atoms with Gasteiger partial charge in [-0.05, 0) is 12.8 Å². The van der Waals surface area contributed by atoms with Crippen molar-refractivity contribution in [2.24, 2.45) is 0 Å². The van der Waals surface area contributed by atoms with Crippen LogP contribution in [0.25, 0.3) is 0 Å². The Hall–Kier alpha value is -0.120. The molecule has 0 aliphatic carbocycles. The van der Waals surface area contributed by atoms with E-state index in [1.165, 1.54) is 0 Å². The Bertz CT molecular complexity index is 147. The fourth-order valence-electron chi connectivity index (χ4n) is 2.05. The summed E-state index contributed by atoms with van der Waals surface area (Å²) >= 11 is 0. The molecule has 0 spiro atoms. The monoisotopic (exact) mass is 173 g/mol. The van der Waals surface area contributed by atoms with E-state index >= 15 is 0 Å². The lowest BCUT2D eigenvalue weighted by Gasteiger charge is -2.51. The standard InChI is InChI=1S/C9H19NO2/c1-4-8-9(5-2)12-7-6-10(8,3)11/h8-9H,4-7H2,1-3H3. The van der Waals surface area contributed by atoms with Crippen LogP contribution in [0.1, 0.15) is 26.7 Å².